The summed E-state index contributed by atoms with van der Waals surface area (Å²) in [5.41, 5.74) is 6.88. The van der Waals surface area contributed by atoms with E-state index in [9.17, 15) is 4.39 Å². The molecule has 1 rings (SSSR count). The molecular weight excluding hydrogens is 179 g/mol. The molecule has 0 saturated carbocycles. The van der Waals surface area contributed by atoms with Gasteiger partial charge in [0.15, 0.2) is 0 Å². The number of nitrogens with zero attached hydrogens (tertiary/aromatic N) is 1. The Hall–Kier alpha value is -1.09. The van der Waals surface area contributed by atoms with Gasteiger partial charge in [0.25, 0.3) is 0 Å². The van der Waals surface area contributed by atoms with Crippen molar-refractivity contribution in [1.29, 1.82) is 0 Å². The van der Waals surface area contributed by atoms with Crippen molar-refractivity contribution < 1.29 is 4.39 Å². The number of nitrogens with two attached hydrogens (primary N) is 1. The minimum Gasteiger partial charge on any atom is -0.372 e. The molecule has 78 valence electrons. The number of anilines is 1. The van der Waals surface area contributed by atoms with Gasteiger partial charge in [0.1, 0.15) is 5.82 Å². The van der Waals surface area contributed by atoms with Gasteiger partial charge in [0.2, 0.25) is 0 Å². The summed E-state index contributed by atoms with van der Waals surface area (Å²) in [6, 6.07) is 5.22. The van der Waals surface area contributed by atoms with Gasteiger partial charge in [-0.05, 0) is 26.0 Å². The second-order valence-corrected chi connectivity index (χ2v) is 3.15. The third kappa shape index (κ3) is 2.23. The van der Waals surface area contributed by atoms with Gasteiger partial charge in [-0.2, -0.15) is 0 Å². The zero-order valence-electron chi connectivity index (χ0n) is 8.76. The summed E-state index contributed by atoms with van der Waals surface area (Å²) in [5.74, 6) is -0.211. The zero-order valence-corrected chi connectivity index (χ0v) is 8.76. The van der Waals surface area contributed by atoms with E-state index in [1.54, 1.807) is 12.1 Å². The van der Waals surface area contributed by atoms with Crippen LogP contribution in [-0.2, 0) is 6.54 Å². The SMILES string of the molecule is CCN(CC)c1ccc(CN)c(F)c1. The third-order valence-corrected chi connectivity index (χ3v) is 2.39. The number of hydrogen-bond acceptors (Lipinski definition) is 2. The van der Waals surface area contributed by atoms with E-state index in [-0.39, 0.29) is 12.4 Å². The number of benzene rings is 1. The second kappa shape index (κ2) is 4.96. The first-order valence-electron chi connectivity index (χ1n) is 4.96. The normalized spacial score (nSPS) is 10.3. The van der Waals surface area contributed by atoms with Crippen molar-refractivity contribution in [2.75, 3.05) is 18.0 Å². The molecule has 0 radical (unpaired) electrons. The van der Waals surface area contributed by atoms with Crippen molar-refractivity contribution in [3.63, 3.8) is 0 Å². The molecule has 0 atom stereocenters. The smallest absolute Gasteiger partial charge is 0.129 e. The summed E-state index contributed by atoms with van der Waals surface area (Å²) >= 11 is 0. The molecule has 1 aromatic rings. The van der Waals surface area contributed by atoms with Crippen LogP contribution in [0, 0.1) is 5.82 Å². The van der Waals surface area contributed by atoms with Crippen molar-refractivity contribution in [1.82, 2.24) is 0 Å². The molecule has 0 aliphatic rings. The maximum absolute atomic E-state index is 13.4. The highest BCUT2D eigenvalue weighted by Crippen LogP contribution is 2.18. The van der Waals surface area contributed by atoms with E-state index in [4.69, 9.17) is 5.73 Å². The van der Waals surface area contributed by atoms with Gasteiger partial charge < -0.3 is 10.6 Å². The monoisotopic (exact) mass is 196 g/mol. The lowest BCUT2D eigenvalue weighted by Gasteiger charge is -2.21. The second-order valence-electron chi connectivity index (χ2n) is 3.15. The first-order chi connectivity index (χ1) is 6.72. The van der Waals surface area contributed by atoms with Crippen LogP contribution in [0.25, 0.3) is 0 Å². The molecular formula is C11H17FN2. The highest BCUT2D eigenvalue weighted by Gasteiger charge is 2.05. The molecule has 1 aromatic carbocycles. The molecule has 3 heteroatoms. The van der Waals surface area contributed by atoms with Crippen molar-refractivity contribution in [3.05, 3.63) is 29.6 Å². The van der Waals surface area contributed by atoms with Crippen molar-refractivity contribution in [2.24, 2.45) is 5.73 Å². The molecule has 0 aliphatic carbocycles. The fourth-order valence-corrected chi connectivity index (χ4v) is 1.49. The fraction of sp³-hybridized carbons (Fsp3) is 0.455. The summed E-state index contributed by atoms with van der Waals surface area (Å²) < 4.78 is 13.4. The molecule has 0 bridgehead atoms. The maximum Gasteiger partial charge on any atom is 0.129 e. The average molecular weight is 196 g/mol. The first-order valence-corrected chi connectivity index (χ1v) is 4.96. The van der Waals surface area contributed by atoms with E-state index >= 15 is 0 Å². The molecule has 0 amide bonds. The van der Waals surface area contributed by atoms with Crippen molar-refractivity contribution >= 4 is 5.69 Å². The van der Waals surface area contributed by atoms with Gasteiger partial charge in [-0.25, -0.2) is 4.39 Å². The number of hydrogen-bond donors (Lipinski definition) is 1. The summed E-state index contributed by atoms with van der Waals surface area (Å²) in [6.07, 6.45) is 0. The third-order valence-electron chi connectivity index (χ3n) is 2.39. The van der Waals surface area contributed by atoms with E-state index in [0.29, 0.717) is 5.56 Å². The summed E-state index contributed by atoms with van der Waals surface area (Å²) in [7, 11) is 0. The van der Waals surface area contributed by atoms with E-state index in [2.05, 4.69) is 18.7 Å². The van der Waals surface area contributed by atoms with Crippen LogP contribution in [-0.4, -0.2) is 13.1 Å². The van der Waals surface area contributed by atoms with Gasteiger partial charge in [0, 0.05) is 30.9 Å². The zero-order chi connectivity index (χ0) is 10.6. The van der Waals surface area contributed by atoms with Crippen LogP contribution in [0.4, 0.5) is 10.1 Å². The Labute approximate surface area is 84.5 Å². The van der Waals surface area contributed by atoms with Crippen LogP contribution in [0.3, 0.4) is 0 Å². The van der Waals surface area contributed by atoms with E-state index in [1.807, 2.05) is 6.07 Å². The topological polar surface area (TPSA) is 29.3 Å². The molecule has 0 heterocycles. The van der Waals surface area contributed by atoms with E-state index in [0.717, 1.165) is 18.8 Å². The van der Waals surface area contributed by atoms with Gasteiger partial charge in [0.05, 0.1) is 0 Å². The minimum atomic E-state index is -0.211. The standard InChI is InChI=1S/C11H17FN2/c1-3-14(4-2)10-6-5-9(8-13)11(12)7-10/h5-7H,3-4,8,13H2,1-2H3. The first kappa shape index (κ1) is 11.0. The summed E-state index contributed by atoms with van der Waals surface area (Å²) in [5, 5.41) is 0. The van der Waals surface area contributed by atoms with Crippen LogP contribution >= 0.6 is 0 Å². The van der Waals surface area contributed by atoms with Gasteiger partial charge in [-0.3, -0.25) is 0 Å². The van der Waals surface area contributed by atoms with Crippen molar-refractivity contribution in [2.45, 2.75) is 20.4 Å². The summed E-state index contributed by atoms with van der Waals surface area (Å²) in [4.78, 5) is 2.10. The summed E-state index contributed by atoms with van der Waals surface area (Å²) in [6.45, 7) is 6.14. The molecule has 0 aliphatic heterocycles. The Kier molecular flexibility index (Phi) is 3.89. The molecule has 14 heavy (non-hydrogen) atoms. The van der Waals surface area contributed by atoms with Gasteiger partial charge in [-0.1, -0.05) is 6.07 Å². The highest BCUT2D eigenvalue weighted by molar-refractivity contribution is 5.48. The lowest BCUT2D eigenvalue weighted by Crippen LogP contribution is -2.22. The molecule has 0 unspecified atom stereocenters. The minimum absolute atomic E-state index is 0.211. The largest absolute Gasteiger partial charge is 0.372 e. The fourth-order valence-electron chi connectivity index (χ4n) is 1.49. The van der Waals surface area contributed by atoms with Crippen LogP contribution in [0.15, 0.2) is 18.2 Å². The Bertz CT molecular complexity index is 295. The molecule has 0 spiro atoms. The van der Waals surface area contributed by atoms with Gasteiger partial charge in [-0.15, -0.1) is 0 Å². The molecule has 2 nitrogen and oxygen atoms in total. The number of rotatable bonds is 4. The predicted molar refractivity (Wildman–Crippen MR) is 57.9 cm³/mol. The van der Waals surface area contributed by atoms with Crippen molar-refractivity contribution in [3.8, 4) is 0 Å². The Morgan fingerprint density at radius 1 is 1.29 bits per heavy atom. The Balaban J connectivity index is 2.95. The lowest BCUT2D eigenvalue weighted by atomic mass is 10.2. The van der Waals surface area contributed by atoms with E-state index in [1.165, 1.54) is 0 Å². The predicted octanol–water partition coefficient (Wildman–Crippen LogP) is 2.13. The maximum atomic E-state index is 13.4. The van der Waals surface area contributed by atoms with Crippen LogP contribution in [0.5, 0.6) is 0 Å². The molecule has 0 aromatic heterocycles. The Morgan fingerprint density at radius 3 is 2.36 bits per heavy atom. The van der Waals surface area contributed by atoms with Crippen LogP contribution in [0.2, 0.25) is 0 Å². The average Bonchev–Trinajstić information content (AvgIpc) is 2.20. The molecule has 0 fully saturated rings. The Morgan fingerprint density at radius 2 is 1.93 bits per heavy atom. The van der Waals surface area contributed by atoms with Gasteiger partial charge >= 0.3 is 0 Å². The quantitative estimate of drug-likeness (QED) is 0.799. The van der Waals surface area contributed by atoms with Crippen LogP contribution < -0.4 is 10.6 Å². The lowest BCUT2D eigenvalue weighted by molar-refractivity contribution is 0.609. The van der Waals surface area contributed by atoms with Crippen LogP contribution in [0.1, 0.15) is 19.4 Å². The molecule has 0 saturated heterocycles. The number of halogens is 1. The highest BCUT2D eigenvalue weighted by atomic mass is 19.1. The van der Waals surface area contributed by atoms with E-state index < -0.39 is 0 Å². The molecule has 2 N–H and O–H groups in total.